The zero-order valence-corrected chi connectivity index (χ0v) is 14.7. The van der Waals surface area contributed by atoms with Crippen molar-refractivity contribution in [1.29, 1.82) is 0 Å². The normalized spacial score (nSPS) is 9.86. The molecule has 0 radical (unpaired) electrons. The number of halogens is 2. The van der Waals surface area contributed by atoms with Crippen molar-refractivity contribution in [3.8, 4) is 5.75 Å². The van der Waals surface area contributed by atoms with Crippen LogP contribution >= 0.6 is 27.5 Å². The van der Waals surface area contributed by atoms with Gasteiger partial charge in [-0.1, -0.05) is 11.6 Å². The number of hydrogen-bond donors (Lipinski definition) is 2. The molecule has 0 saturated heterocycles. The van der Waals surface area contributed by atoms with Crippen LogP contribution < -0.4 is 4.74 Å². The van der Waals surface area contributed by atoms with Gasteiger partial charge in [0.15, 0.2) is 0 Å². The van der Waals surface area contributed by atoms with Crippen molar-refractivity contribution >= 4 is 39.5 Å². The lowest BCUT2D eigenvalue weighted by Gasteiger charge is -2.10. The lowest BCUT2D eigenvalue weighted by atomic mass is 10.3. The number of nitrogens with zero attached hydrogens (tertiary/aromatic N) is 1. The van der Waals surface area contributed by atoms with Crippen LogP contribution in [0.2, 0.25) is 5.02 Å². The first-order valence-corrected chi connectivity index (χ1v) is 7.60. The summed E-state index contributed by atoms with van der Waals surface area (Å²) in [6, 6.07) is 5.57. The second kappa shape index (κ2) is 11.3. The summed E-state index contributed by atoms with van der Waals surface area (Å²) in [5, 5.41) is 15.5. The molecule has 2 N–H and O–H groups in total. The van der Waals surface area contributed by atoms with Crippen molar-refractivity contribution < 1.29 is 24.5 Å². The monoisotopic (exact) mass is 395 g/mol. The molecule has 0 unspecified atom stereocenters. The lowest BCUT2D eigenvalue weighted by Crippen LogP contribution is -2.13. The van der Waals surface area contributed by atoms with E-state index in [1.165, 1.54) is 0 Å². The lowest BCUT2D eigenvalue weighted by molar-refractivity contribution is -0.159. The fourth-order valence-corrected chi connectivity index (χ4v) is 2.10. The third kappa shape index (κ3) is 10.4. The molecule has 124 valence electrons. The van der Waals surface area contributed by atoms with Crippen LogP contribution in [-0.2, 0) is 9.59 Å². The SMILES string of the molecule is CN(C)CCCCOc1ccc(Cl)cc1Br.O=C(O)C(=O)O. The maximum atomic E-state index is 9.10. The average Bonchev–Trinajstić information content (AvgIpc) is 2.40. The van der Waals surface area contributed by atoms with Crippen LogP contribution in [0.3, 0.4) is 0 Å². The van der Waals surface area contributed by atoms with Crippen molar-refractivity contribution in [3.63, 3.8) is 0 Å². The smallest absolute Gasteiger partial charge is 0.414 e. The number of unbranched alkanes of at least 4 members (excludes halogenated alkanes) is 1. The molecule has 0 saturated carbocycles. The van der Waals surface area contributed by atoms with Gasteiger partial charge in [0.2, 0.25) is 0 Å². The summed E-state index contributed by atoms with van der Waals surface area (Å²) in [4.78, 5) is 20.4. The van der Waals surface area contributed by atoms with E-state index in [1.807, 2.05) is 18.2 Å². The fraction of sp³-hybridized carbons (Fsp3) is 0.429. The van der Waals surface area contributed by atoms with Crippen LogP contribution in [0.1, 0.15) is 12.8 Å². The Kier molecular flexibility index (Phi) is 10.6. The van der Waals surface area contributed by atoms with E-state index in [2.05, 4.69) is 34.9 Å². The fourth-order valence-electron chi connectivity index (χ4n) is 1.30. The molecular formula is C14H19BrClNO5. The summed E-state index contributed by atoms with van der Waals surface area (Å²) < 4.78 is 6.56. The Morgan fingerprint density at radius 1 is 1.23 bits per heavy atom. The van der Waals surface area contributed by atoms with Crippen LogP contribution in [0.25, 0.3) is 0 Å². The quantitative estimate of drug-likeness (QED) is 0.568. The average molecular weight is 397 g/mol. The van der Waals surface area contributed by atoms with Crippen LogP contribution in [0, 0.1) is 0 Å². The van der Waals surface area contributed by atoms with E-state index in [9.17, 15) is 0 Å². The van der Waals surface area contributed by atoms with Crippen molar-refractivity contribution in [3.05, 3.63) is 27.7 Å². The van der Waals surface area contributed by atoms with Crippen LogP contribution in [0.4, 0.5) is 0 Å². The molecule has 0 atom stereocenters. The zero-order chi connectivity index (χ0) is 17.1. The molecular weight excluding hydrogens is 378 g/mol. The molecule has 0 heterocycles. The molecule has 1 aromatic carbocycles. The van der Waals surface area contributed by atoms with Gasteiger partial charge in [-0.25, -0.2) is 9.59 Å². The summed E-state index contributed by atoms with van der Waals surface area (Å²) in [5.41, 5.74) is 0. The van der Waals surface area contributed by atoms with E-state index in [1.54, 1.807) is 0 Å². The standard InChI is InChI=1S/C12H17BrClNO.C2H2O4/c1-15(2)7-3-4-8-16-12-6-5-10(14)9-11(12)13;3-1(4)2(5)6/h5-6,9H,3-4,7-8H2,1-2H3;(H,3,4)(H,5,6). The van der Waals surface area contributed by atoms with E-state index >= 15 is 0 Å². The molecule has 0 aliphatic carbocycles. The van der Waals surface area contributed by atoms with Gasteiger partial charge in [-0.2, -0.15) is 0 Å². The van der Waals surface area contributed by atoms with Crippen molar-refractivity contribution in [1.82, 2.24) is 4.90 Å². The predicted molar refractivity (Wildman–Crippen MR) is 87.7 cm³/mol. The highest BCUT2D eigenvalue weighted by Gasteiger charge is 2.04. The molecule has 22 heavy (non-hydrogen) atoms. The number of hydrogen-bond acceptors (Lipinski definition) is 4. The van der Waals surface area contributed by atoms with E-state index in [4.69, 9.17) is 36.1 Å². The van der Waals surface area contributed by atoms with Gasteiger partial charge in [0.25, 0.3) is 0 Å². The van der Waals surface area contributed by atoms with E-state index in [0.29, 0.717) is 5.02 Å². The molecule has 0 aliphatic rings. The van der Waals surface area contributed by atoms with Crippen molar-refractivity contribution in [2.24, 2.45) is 0 Å². The van der Waals surface area contributed by atoms with E-state index < -0.39 is 11.9 Å². The number of rotatable bonds is 6. The minimum Gasteiger partial charge on any atom is -0.492 e. The number of ether oxygens (including phenoxy) is 1. The summed E-state index contributed by atoms with van der Waals surface area (Å²) >= 11 is 9.27. The van der Waals surface area contributed by atoms with Gasteiger partial charge in [0.1, 0.15) is 5.75 Å². The van der Waals surface area contributed by atoms with Crippen molar-refractivity contribution in [2.45, 2.75) is 12.8 Å². The van der Waals surface area contributed by atoms with E-state index in [-0.39, 0.29) is 0 Å². The molecule has 0 aromatic heterocycles. The first kappa shape index (κ1) is 20.7. The first-order valence-electron chi connectivity index (χ1n) is 6.42. The summed E-state index contributed by atoms with van der Waals surface area (Å²) in [5.74, 6) is -2.79. The number of aliphatic carboxylic acids is 2. The minimum absolute atomic E-state index is 0.715. The van der Waals surface area contributed by atoms with Crippen LogP contribution in [0.5, 0.6) is 5.75 Å². The Labute approximate surface area is 142 Å². The van der Waals surface area contributed by atoms with Crippen LogP contribution in [0.15, 0.2) is 22.7 Å². The molecule has 6 nitrogen and oxygen atoms in total. The number of carboxylic acid groups (broad SMARTS) is 2. The summed E-state index contributed by atoms with van der Waals surface area (Å²) in [7, 11) is 4.16. The Morgan fingerprint density at radius 2 is 1.82 bits per heavy atom. The predicted octanol–water partition coefficient (Wildman–Crippen LogP) is 2.98. The third-order valence-electron chi connectivity index (χ3n) is 2.33. The molecule has 8 heteroatoms. The molecule has 0 amide bonds. The Morgan fingerprint density at radius 3 is 2.27 bits per heavy atom. The number of carbonyl (C=O) groups is 2. The van der Waals surface area contributed by atoms with Gasteiger partial charge in [0.05, 0.1) is 11.1 Å². The molecule has 0 fully saturated rings. The Bertz CT molecular complexity index is 484. The van der Waals surface area contributed by atoms with Gasteiger partial charge in [-0.3, -0.25) is 0 Å². The topological polar surface area (TPSA) is 87.1 Å². The highest BCUT2D eigenvalue weighted by molar-refractivity contribution is 9.10. The Hall–Kier alpha value is -1.31. The minimum atomic E-state index is -1.82. The summed E-state index contributed by atoms with van der Waals surface area (Å²) in [6.07, 6.45) is 2.21. The second-order valence-electron chi connectivity index (χ2n) is 4.54. The highest BCUT2D eigenvalue weighted by Crippen LogP contribution is 2.27. The Balaban J connectivity index is 0.000000626. The van der Waals surface area contributed by atoms with Crippen molar-refractivity contribution in [2.75, 3.05) is 27.2 Å². The van der Waals surface area contributed by atoms with Gasteiger partial charge < -0.3 is 19.8 Å². The van der Waals surface area contributed by atoms with Crippen LogP contribution in [-0.4, -0.2) is 54.3 Å². The highest BCUT2D eigenvalue weighted by atomic mass is 79.9. The zero-order valence-electron chi connectivity index (χ0n) is 12.4. The molecule has 0 aliphatic heterocycles. The maximum Gasteiger partial charge on any atom is 0.414 e. The maximum absolute atomic E-state index is 9.10. The van der Waals surface area contributed by atoms with E-state index in [0.717, 1.165) is 36.2 Å². The molecule has 1 rings (SSSR count). The van der Waals surface area contributed by atoms with Gasteiger partial charge in [0, 0.05) is 5.02 Å². The molecule has 0 bridgehead atoms. The molecule has 0 spiro atoms. The second-order valence-corrected chi connectivity index (χ2v) is 5.83. The van der Waals surface area contributed by atoms with Gasteiger partial charge in [-0.15, -0.1) is 0 Å². The van der Waals surface area contributed by atoms with Gasteiger partial charge >= 0.3 is 11.9 Å². The first-order chi connectivity index (χ1) is 10.2. The van der Waals surface area contributed by atoms with Gasteiger partial charge in [-0.05, 0) is 67.6 Å². The largest absolute Gasteiger partial charge is 0.492 e. The third-order valence-corrected chi connectivity index (χ3v) is 3.19. The number of carboxylic acids is 2. The number of benzene rings is 1. The molecule has 1 aromatic rings. The summed E-state index contributed by atoms with van der Waals surface area (Å²) in [6.45, 7) is 1.85.